The number of rotatable bonds is 12. The van der Waals surface area contributed by atoms with Gasteiger partial charge < -0.3 is 24.4 Å². The van der Waals surface area contributed by atoms with Crippen molar-refractivity contribution in [3.63, 3.8) is 0 Å². The number of fused-ring (bicyclic) bond motifs is 1. The summed E-state index contributed by atoms with van der Waals surface area (Å²) in [4.78, 5) is 23.9. The molecule has 0 bridgehead atoms. The van der Waals surface area contributed by atoms with Crippen LogP contribution in [0.1, 0.15) is 38.2 Å². The molecule has 2 heterocycles. The van der Waals surface area contributed by atoms with E-state index in [1.54, 1.807) is 30.5 Å². The van der Waals surface area contributed by atoms with E-state index in [9.17, 15) is 23.8 Å². The lowest BCUT2D eigenvalue weighted by Crippen LogP contribution is -2.35. The topological polar surface area (TPSA) is 153 Å². The van der Waals surface area contributed by atoms with Crippen molar-refractivity contribution < 1.29 is 47.8 Å². The molecule has 4 aromatic rings. The third kappa shape index (κ3) is 8.86. The summed E-state index contributed by atoms with van der Waals surface area (Å²) in [5, 5.41) is 34.1. The van der Waals surface area contributed by atoms with Gasteiger partial charge in [-0.1, -0.05) is 36.4 Å². The van der Waals surface area contributed by atoms with E-state index in [-0.39, 0.29) is 19.8 Å². The van der Waals surface area contributed by atoms with Gasteiger partial charge in [-0.3, -0.25) is 0 Å². The number of esters is 1. The Hall–Kier alpha value is -5.67. The molecule has 50 heavy (non-hydrogen) atoms. The second-order valence-electron chi connectivity index (χ2n) is 11.2. The minimum atomic E-state index is -0.751. The Morgan fingerprint density at radius 1 is 0.680 bits per heavy atom. The van der Waals surface area contributed by atoms with Crippen molar-refractivity contribution in [3.05, 3.63) is 130 Å². The number of benzene rings is 4. The van der Waals surface area contributed by atoms with E-state index in [4.69, 9.17) is 24.0 Å². The fourth-order valence-corrected chi connectivity index (χ4v) is 5.02. The Labute approximate surface area is 284 Å². The first-order chi connectivity index (χ1) is 24.3. The van der Waals surface area contributed by atoms with Crippen molar-refractivity contribution in [3.8, 4) is 11.5 Å². The average molecular weight is 685 g/mol. The van der Waals surface area contributed by atoms with Gasteiger partial charge in [0.2, 0.25) is 0 Å². The van der Waals surface area contributed by atoms with Gasteiger partial charge in [0.05, 0.1) is 43.6 Å². The summed E-state index contributed by atoms with van der Waals surface area (Å²) < 4.78 is 44.2. The number of carbonyl (C=O) groups is 1. The maximum atomic E-state index is 13.4. The normalized spacial score (nSPS) is 20.4. The second kappa shape index (κ2) is 16.2. The zero-order valence-corrected chi connectivity index (χ0v) is 26.2. The van der Waals surface area contributed by atoms with Gasteiger partial charge in [-0.05, 0) is 76.3 Å². The van der Waals surface area contributed by atoms with Crippen molar-refractivity contribution in [1.82, 2.24) is 0 Å². The first-order valence-electron chi connectivity index (χ1n) is 15.3. The van der Waals surface area contributed by atoms with E-state index < -0.39 is 53.5 Å². The van der Waals surface area contributed by atoms with Crippen LogP contribution in [0.15, 0.2) is 105 Å². The number of hydrogen-bond donors (Lipinski definition) is 2. The summed E-state index contributed by atoms with van der Waals surface area (Å²) in [6.45, 7) is 0.515. The number of halogens is 2. The van der Waals surface area contributed by atoms with Crippen LogP contribution < -0.4 is 0 Å². The largest absolute Gasteiger partial charge is 0.505 e. The van der Waals surface area contributed by atoms with Crippen LogP contribution >= 0.6 is 0 Å². The van der Waals surface area contributed by atoms with E-state index in [2.05, 4.69) is 20.4 Å². The highest BCUT2D eigenvalue weighted by molar-refractivity contribution is 5.91. The maximum absolute atomic E-state index is 13.4. The highest BCUT2D eigenvalue weighted by Gasteiger charge is 2.50. The average Bonchev–Trinajstić information content (AvgIpc) is 3.72. The Bertz CT molecular complexity index is 1920. The van der Waals surface area contributed by atoms with E-state index in [0.717, 1.165) is 23.3 Å². The molecular formula is C36H30F2N4O8. The van der Waals surface area contributed by atoms with Crippen molar-refractivity contribution in [2.75, 3.05) is 13.2 Å². The predicted molar refractivity (Wildman–Crippen MR) is 178 cm³/mol. The third-order valence-electron chi connectivity index (χ3n) is 7.67. The molecule has 3 unspecified atom stereocenters. The van der Waals surface area contributed by atoms with Gasteiger partial charge in [0.1, 0.15) is 24.9 Å². The lowest BCUT2D eigenvalue weighted by Gasteiger charge is -2.17. The predicted octanol–water partition coefficient (Wildman–Crippen LogP) is 5.12. The SMILES string of the molecule is O=C(OC1COC2C1OC[C@H]2OOCc1ccc(C=NN=Cc2ccc(O)c(F)c2)cc1)c1ccc(C=NN=Cc2ccc(O)c(F)c2)cc1. The molecule has 256 valence electrons. The minimum absolute atomic E-state index is 0.146. The molecule has 12 nitrogen and oxygen atoms in total. The fourth-order valence-electron chi connectivity index (χ4n) is 5.02. The summed E-state index contributed by atoms with van der Waals surface area (Å²) in [5.74, 6) is -2.89. The van der Waals surface area contributed by atoms with E-state index in [1.165, 1.54) is 42.9 Å². The van der Waals surface area contributed by atoms with E-state index in [0.29, 0.717) is 22.3 Å². The third-order valence-corrected chi connectivity index (χ3v) is 7.67. The van der Waals surface area contributed by atoms with Crippen LogP contribution in [0, 0.1) is 11.6 Å². The molecule has 14 heteroatoms. The van der Waals surface area contributed by atoms with E-state index >= 15 is 0 Å². The molecule has 2 aliphatic heterocycles. The number of ether oxygens (including phenoxy) is 3. The van der Waals surface area contributed by atoms with Gasteiger partial charge in [-0.15, -0.1) is 0 Å². The summed E-state index contributed by atoms with van der Waals surface area (Å²) in [7, 11) is 0. The Morgan fingerprint density at radius 3 is 1.68 bits per heavy atom. The molecule has 4 atom stereocenters. The van der Waals surface area contributed by atoms with Crippen molar-refractivity contribution >= 4 is 30.8 Å². The van der Waals surface area contributed by atoms with Gasteiger partial charge >= 0.3 is 5.97 Å². The van der Waals surface area contributed by atoms with Gasteiger partial charge in [0.15, 0.2) is 29.2 Å². The number of phenols is 2. The summed E-state index contributed by atoms with van der Waals surface area (Å²) >= 11 is 0. The standard InChI is InChI=1S/C36H30F2N4O8/c37-28-13-25(7-11-30(28)43)17-41-39-15-22-1-3-24(4-2-22)19-48-50-33-21-47-34-32(20-46-35(33)34)49-36(45)27-9-5-23(6-10-27)16-40-42-18-26-8-12-31(44)29(38)14-26/h1-18,32-35,43-44H,19-21H2/t32?,33-,34?,35?/m1/s1. The molecule has 2 N–H and O–H groups in total. The number of phenolic OH excluding ortho intramolecular Hbond substituents is 2. The summed E-state index contributed by atoms with van der Waals surface area (Å²) in [6.07, 6.45) is 3.63. The molecule has 2 fully saturated rings. The van der Waals surface area contributed by atoms with Gasteiger partial charge in [0, 0.05) is 0 Å². The number of hydrogen-bond acceptors (Lipinski definition) is 12. The van der Waals surface area contributed by atoms with Gasteiger partial charge in [0.25, 0.3) is 0 Å². The number of carbonyl (C=O) groups excluding carboxylic acids is 1. The van der Waals surface area contributed by atoms with Crippen molar-refractivity contribution in [1.29, 1.82) is 0 Å². The molecule has 2 aliphatic rings. The van der Waals surface area contributed by atoms with Crippen LogP contribution in [0.5, 0.6) is 11.5 Å². The molecule has 6 rings (SSSR count). The summed E-state index contributed by atoms with van der Waals surface area (Å²) in [5.41, 5.74) is 3.54. The quantitative estimate of drug-likeness (QED) is 0.0903. The first kappa shape index (κ1) is 34.2. The number of aromatic hydroxyl groups is 2. The zero-order chi connectivity index (χ0) is 34.9. The van der Waals surface area contributed by atoms with Crippen LogP contribution in [-0.4, -0.2) is 78.7 Å². The van der Waals surface area contributed by atoms with Crippen LogP contribution in [0.2, 0.25) is 0 Å². The molecule has 0 aromatic heterocycles. The van der Waals surface area contributed by atoms with Gasteiger partial charge in [-0.25, -0.2) is 23.4 Å². The van der Waals surface area contributed by atoms with Crippen LogP contribution in [0.3, 0.4) is 0 Å². The lowest BCUT2D eigenvalue weighted by molar-refractivity contribution is -0.341. The first-order valence-corrected chi connectivity index (χ1v) is 15.3. The Kier molecular flexibility index (Phi) is 11.0. The molecular weight excluding hydrogens is 654 g/mol. The Morgan fingerprint density at radius 2 is 1.14 bits per heavy atom. The maximum Gasteiger partial charge on any atom is 0.338 e. The molecule has 0 aliphatic carbocycles. The summed E-state index contributed by atoms with van der Waals surface area (Å²) in [6, 6.07) is 21.7. The Balaban J connectivity index is 0.914. The molecule has 2 saturated heterocycles. The monoisotopic (exact) mass is 684 g/mol. The van der Waals surface area contributed by atoms with Crippen LogP contribution in [0.25, 0.3) is 0 Å². The van der Waals surface area contributed by atoms with E-state index in [1.807, 2.05) is 24.3 Å². The van der Waals surface area contributed by atoms with Crippen molar-refractivity contribution in [2.45, 2.75) is 31.0 Å². The number of nitrogens with zero attached hydrogens (tertiary/aromatic N) is 4. The molecule has 0 spiro atoms. The van der Waals surface area contributed by atoms with Crippen LogP contribution in [-0.2, 0) is 30.6 Å². The van der Waals surface area contributed by atoms with Gasteiger partial charge in [-0.2, -0.15) is 20.4 Å². The second-order valence-corrected chi connectivity index (χ2v) is 11.2. The molecule has 0 saturated carbocycles. The fraction of sp³-hybridized carbons (Fsp3) is 0.194. The molecule has 0 radical (unpaired) electrons. The van der Waals surface area contributed by atoms with Crippen molar-refractivity contribution in [2.24, 2.45) is 20.4 Å². The smallest absolute Gasteiger partial charge is 0.338 e. The molecule has 0 amide bonds. The molecule has 4 aromatic carbocycles. The lowest BCUT2D eigenvalue weighted by atomic mass is 10.1. The highest BCUT2D eigenvalue weighted by atomic mass is 19.1. The minimum Gasteiger partial charge on any atom is -0.505 e. The zero-order valence-electron chi connectivity index (χ0n) is 26.2. The highest BCUT2D eigenvalue weighted by Crippen LogP contribution is 2.31. The van der Waals surface area contributed by atoms with Crippen LogP contribution in [0.4, 0.5) is 8.78 Å².